The maximum absolute atomic E-state index is 9.62. The number of phenolic OH excluding ortho intramolecular Hbond substituents is 2. The first-order valence-electron chi connectivity index (χ1n) is 4.69. The standard InChI is InChI=1S/C11H13NO2/c13-9-1-2-10(11(14)7-9)8-3-5-12-6-4-8/h1-3,7,12-14H,4-6H2. The Morgan fingerprint density at radius 2 is 2.07 bits per heavy atom. The van der Waals surface area contributed by atoms with E-state index in [4.69, 9.17) is 5.11 Å². The molecule has 1 aliphatic heterocycles. The molecule has 1 aliphatic rings. The topological polar surface area (TPSA) is 52.5 Å². The van der Waals surface area contributed by atoms with Gasteiger partial charge in [-0.2, -0.15) is 0 Å². The van der Waals surface area contributed by atoms with Gasteiger partial charge in [0.2, 0.25) is 0 Å². The molecule has 14 heavy (non-hydrogen) atoms. The van der Waals surface area contributed by atoms with Crippen molar-refractivity contribution in [2.24, 2.45) is 0 Å². The molecule has 1 heterocycles. The normalized spacial score (nSPS) is 18.3. The summed E-state index contributed by atoms with van der Waals surface area (Å²) in [6.45, 7) is 1.78. The zero-order valence-corrected chi connectivity index (χ0v) is 7.83. The lowest BCUT2D eigenvalue weighted by Gasteiger charge is -2.22. The Morgan fingerprint density at radius 3 is 2.71 bits per heavy atom. The van der Waals surface area contributed by atoms with Crippen LogP contribution in [0.4, 0.5) is 0 Å². The number of rotatable bonds is 1. The van der Waals surface area contributed by atoms with Crippen LogP contribution in [0, 0.1) is 12.3 Å². The third-order valence-corrected chi connectivity index (χ3v) is 2.39. The van der Waals surface area contributed by atoms with E-state index in [-0.39, 0.29) is 11.5 Å². The Hall–Kier alpha value is -1.22. The molecule has 2 radical (unpaired) electrons. The summed E-state index contributed by atoms with van der Waals surface area (Å²) in [6.07, 6.45) is 2.98. The maximum Gasteiger partial charge on any atom is 0.123 e. The molecule has 3 nitrogen and oxygen atoms in total. The van der Waals surface area contributed by atoms with Gasteiger partial charge >= 0.3 is 0 Å². The van der Waals surface area contributed by atoms with Gasteiger partial charge in [-0.1, -0.05) is 6.07 Å². The lowest BCUT2D eigenvalue weighted by atomic mass is 9.89. The predicted octanol–water partition coefficient (Wildman–Crippen LogP) is 1.22. The predicted molar refractivity (Wildman–Crippen MR) is 53.9 cm³/mol. The van der Waals surface area contributed by atoms with Gasteiger partial charge in [0.05, 0.1) is 0 Å². The molecule has 0 aliphatic carbocycles. The summed E-state index contributed by atoms with van der Waals surface area (Å²) in [5.41, 5.74) is 0.823. The zero-order valence-electron chi connectivity index (χ0n) is 7.83. The van der Waals surface area contributed by atoms with Gasteiger partial charge in [-0.15, -0.1) is 0 Å². The number of benzene rings is 1. The van der Waals surface area contributed by atoms with Crippen molar-refractivity contribution in [2.45, 2.75) is 6.42 Å². The van der Waals surface area contributed by atoms with Crippen LogP contribution < -0.4 is 5.32 Å². The lowest BCUT2D eigenvalue weighted by Crippen LogP contribution is -2.27. The van der Waals surface area contributed by atoms with Gasteiger partial charge in [0.1, 0.15) is 11.5 Å². The molecule has 0 amide bonds. The number of phenols is 2. The van der Waals surface area contributed by atoms with E-state index in [1.165, 1.54) is 6.07 Å². The van der Waals surface area contributed by atoms with Crippen molar-refractivity contribution in [3.8, 4) is 11.5 Å². The average Bonchev–Trinajstić information content (AvgIpc) is 2.19. The number of nitrogens with one attached hydrogen (secondary N) is 1. The average molecular weight is 191 g/mol. The van der Waals surface area contributed by atoms with Gasteiger partial charge in [0, 0.05) is 17.5 Å². The van der Waals surface area contributed by atoms with E-state index in [2.05, 4.69) is 11.7 Å². The van der Waals surface area contributed by atoms with Crippen LogP contribution in [-0.2, 0) is 0 Å². The van der Waals surface area contributed by atoms with Crippen LogP contribution in [0.3, 0.4) is 0 Å². The molecular weight excluding hydrogens is 178 g/mol. The van der Waals surface area contributed by atoms with Gasteiger partial charge in [-0.3, -0.25) is 0 Å². The third kappa shape index (κ3) is 1.82. The van der Waals surface area contributed by atoms with E-state index in [0.717, 1.165) is 31.0 Å². The van der Waals surface area contributed by atoms with E-state index < -0.39 is 0 Å². The first-order chi connectivity index (χ1) is 6.77. The molecule has 0 saturated carbocycles. The molecule has 3 N–H and O–H groups in total. The van der Waals surface area contributed by atoms with E-state index in [1.54, 1.807) is 12.1 Å². The van der Waals surface area contributed by atoms with Crippen LogP contribution >= 0.6 is 0 Å². The molecule has 0 aromatic heterocycles. The Bertz CT molecular complexity index is 319. The second-order valence-corrected chi connectivity index (χ2v) is 3.38. The van der Waals surface area contributed by atoms with E-state index in [0.29, 0.717) is 0 Å². The second kappa shape index (κ2) is 3.88. The van der Waals surface area contributed by atoms with Crippen molar-refractivity contribution in [3.63, 3.8) is 0 Å². The van der Waals surface area contributed by atoms with Crippen LogP contribution in [0.25, 0.3) is 0 Å². The van der Waals surface area contributed by atoms with Gasteiger partial charge in [0.15, 0.2) is 0 Å². The van der Waals surface area contributed by atoms with Crippen LogP contribution in [0.15, 0.2) is 18.2 Å². The first kappa shape index (κ1) is 9.34. The molecule has 1 aromatic carbocycles. The minimum atomic E-state index is 0.0979. The lowest BCUT2D eigenvalue weighted by molar-refractivity contribution is 0.446. The Labute approximate surface area is 83.4 Å². The highest BCUT2D eigenvalue weighted by Crippen LogP contribution is 2.32. The summed E-state index contributed by atoms with van der Waals surface area (Å²) in [6, 6.07) is 4.72. The smallest absolute Gasteiger partial charge is 0.123 e. The zero-order chi connectivity index (χ0) is 9.97. The summed E-state index contributed by atoms with van der Waals surface area (Å²) < 4.78 is 0. The number of aromatic hydroxyl groups is 2. The van der Waals surface area contributed by atoms with Gasteiger partial charge in [-0.05, 0) is 32.0 Å². The maximum atomic E-state index is 9.62. The Balaban J connectivity index is 2.22. The summed E-state index contributed by atoms with van der Waals surface area (Å²) >= 11 is 0. The molecule has 1 aromatic rings. The molecule has 1 fully saturated rings. The van der Waals surface area contributed by atoms with Crippen molar-refractivity contribution in [3.05, 3.63) is 36.1 Å². The van der Waals surface area contributed by atoms with E-state index >= 15 is 0 Å². The van der Waals surface area contributed by atoms with Crippen LogP contribution in [0.2, 0.25) is 0 Å². The summed E-state index contributed by atoms with van der Waals surface area (Å²) in [4.78, 5) is 0. The molecule has 2 rings (SSSR count). The van der Waals surface area contributed by atoms with Crippen molar-refractivity contribution in [1.29, 1.82) is 0 Å². The van der Waals surface area contributed by atoms with Gasteiger partial charge in [-0.25, -0.2) is 0 Å². The molecule has 74 valence electrons. The number of piperidine rings is 1. The van der Waals surface area contributed by atoms with Crippen molar-refractivity contribution in [2.75, 3.05) is 13.1 Å². The molecule has 0 unspecified atom stereocenters. The Kier molecular flexibility index (Phi) is 2.59. The number of hydrogen-bond acceptors (Lipinski definition) is 3. The van der Waals surface area contributed by atoms with Crippen LogP contribution in [0.5, 0.6) is 11.5 Å². The fourth-order valence-electron chi connectivity index (χ4n) is 1.66. The van der Waals surface area contributed by atoms with Crippen molar-refractivity contribution < 1.29 is 10.2 Å². The number of hydrogen-bond donors (Lipinski definition) is 3. The fraction of sp³-hybridized carbons (Fsp3) is 0.273. The third-order valence-electron chi connectivity index (χ3n) is 2.39. The fourth-order valence-corrected chi connectivity index (χ4v) is 1.66. The quantitative estimate of drug-likeness (QED) is 0.625. The van der Waals surface area contributed by atoms with Crippen LogP contribution in [0.1, 0.15) is 12.0 Å². The largest absolute Gasteiger partial charge is 0.508 e. The van der Waals surface area contributed by atoms with Crippen molar-refractivity contribution >= 4 is 0 Å². The minimum Gasteiger partial charge on any atom is -0.508 e. The molecule has 0 bridgehead atoms. The first-order valence-corrected chi connectivity index (χ1v) is 4.69. The highest BCUT2D eigenvalue weighted by molar-refractivity contribution is 5.49. The minimum absolute atomic E-state index is 0.0979. The van der Waals surface area contributed by atoms with Gasteiger partial charge < -0.3 is 15.5 Å². The van der Waals surface area contributed by atoms with Crippen molar-refractivity contribution in [1.82, 2.24) is 5.32 Å². The second-order valence-electron chi connectivity index (χ2n) is 3.38. The van der Waals surface area contributed by atoms with Crippen LogP contribution in [-0.4, -0.2) is 23.3 Å². The molecule has 3 heteroatoms. The van der Waals surface area contributed by atoms with E-state index in [1.807, 2.05) is 0 Å². The highest BCUT2D eigenvalue weighted by atomic mass is 16.3. The van der Waals surface area contributed by atoms with E-state index in [9.17, 15) is 5.11 Å². The summed E-state index contributed by atoms with van der Waals surface area (Å²) in [5, 5.41) is 22.0. The Morgan fingerprint density at radius 1 is 1.21 bits per heavy atom. The molecule has 0 spiro atoms. The SMILES string of the molecule is Oc1ccc([C]2[CH]CNCC2)c(O)c1. The molecule has 1 saturated heterocycles. The summed E-state index contributed by atoms with van der Waals surface area (Å²) in [5.74, 6) is 1.39. The van der Waals surface area contributed by atoms with Gasteiger partial charge in [0.25, 0.3) is 0 Å². The monoisotopic (exact) mass is 191 g/mol. The summed E-state index contributed by atoms with van der Waals surface area (Å²) in [7, 11) is 0. The molecular formula is C11H13NO2. The highest BCUT2D eigenvalue weighted by Gasteiger charge is 2.19. The molecule has 0 atom stereocenters.